The van der Waals surface area contributed by atoms with Crippen molar-refractivity contribution >= 4 is 17.6 Å². The van der Waals surface area contributed by atoms with Crippen LogP contribution in [0.15, 0.2) is 152 Å². The summed E-state index contributed by atoms with van der Waals surface area (Å²) in [6.07, 6.45) is 5.18. The van der Waals surface area contributed by atoms with E-state index < -0.39 is 0 Å². The molecule has 222 valence electrons. The van der Waals surface area contributed by atoms with Crippen LogP contribution in [0, 0.1) is 0 Å². The summed E-state index contributed by atoms with van der Waals surface area (Å²) in [4.78, 5) is 0. The lowest BCUT2D eigenvalue weighted by atomic mass is 9.26. The first kappa shape index (κ1) is 27.7. The first-order valence-corrected chi connectivity index (χ1v) is 17.1. The van der Waals surface area contributed by atoms with Crippen LogP contribution in [0.25, 0.3) is 22.3 Å². The molecule has 2 unspecified atom stereocenters. The van der Waals surface area contributed by atoms with E-state index in [1.807, 2.05) is 0 Å². The number of hydrogen-bond donors (Lipinski definition) is 0. The molecule has 0 amide bonds. The molecule has 0 bridgehead atoms. The van der Waals surface area contributed by atoms with Crippen LogP contribution < -0.4 is 10.9 Å². The van der Waals surface area contributed by atoms with Gasteiger partial charge in [0.1, 0.15) is 0 Å². The van der Waals surface area contributed by atoms with Gasteiger partial charge in [-0.05, 0) is 73.3 Å². The Morgan fingerprint density at radius 1 is 0.478 bits per heavy atom. The van der Waals surface area contributed by atoms with Crippen molar-refractivity contribution in [2.24, 2.45) is 0 Å². The van der Waals surface area contributed by atoms with Crippen LogP contribution >= 0.6 is 0 Å². The van der Waals surface area contributed by atoms with Crippen LogP contribution in [0.5, 0.6) is 0 Å². The summed E-state index contributed by atoms with van der Waals surface area (Å²) < 4.78 is 0. The molecule has 0 nitrogen and oxygen atoms in total. The van der Waals surface area contributed by atoms with E-state index in [9.17, 15) is 0 Å². The highest BCUT2D eigenvalue weighted by atomic mass is 14.5. The number of fused-ring (bicyclic) bond motifs is 6. The SMILES string of the molecule is CC12CCCCC1(C)c1cc(-c3ccc4c(c3)-c3ccccc3C4(c3ccccc3)c3ccccc3)ccc1B2c1ccccc1. The van der Waals surface area contributed by atoms with Gasteiger partial charge in [0.25, 0.3) is 0 Å². The molecule has 0 N–H and O–H groups in total. The maximum atomic E-state index is 2.59. The number of rotatable bonds is 4. The van der Waals surface area contributed by atoms with E-state index in [0.717, 1.165) is 0 Å². The predicted octanol–water partition coefficient (Wildman–Crippen LogP) is 9.93. The molecule has 1 heteroatoms. The minimum absolute atomic E-state index is 0.163. The highest BCUT2D eigenvalue weighted by molar-refractivity contribution is 6.89. The molecular formula is C45H39B. The van der Waals surface area contributed by atoms with Gasteiger partial charge < -0.3 is 0 Å². The fraction of sp³-hybridized carbons (Fsp3) is 0.200. The molecule has 3 aliphatic rings. The quantitative estimate of drug-likeness (QED) is 0.179. The first-order valence-electron chi connectivity index (χ1n) is 17.1. The summed E-state index contributed by atoms with van der Waals surface area (Å²) in [7, 11) is 0. The van der Waals surface area contributed by atoms with Crippen molar-refractivity contribution in [1.82, 2.24) is 0 Å². The van der Waals surface area contributed by atoms with E-state index in [4.69, 9.17) is 0 Å². The lowest BCUT2D eigenvalue weighted by Crippen LogP contribution is -2.51. The summed E-state index contributed by atoms with van der Waals surface area (Å²) >= 11 is 0. The second-order valence-corrected chi connectivity index (χ2v) is 14.4. The fourth-order valence-electron chi connectivity index (χ4n) is 10.1. The van der Waals surface area contributed by atoms with E-state index in [1.165, 1.54) is 75.7 Å². The fourth-order valence-corrected chi connectivity index (χ4v) is 10.1. The zero-order valence-corrected chi connectivity index (χ0v) is 26.8. The molecule has 0 radical (unpaired) electrons. The highest BCUT2D eigenvalue weighted by Crippen LogP contribution is 2.62. The molecule has 9 rings (SSSR count). The smallest absolute Gasteiger partial charge is 0.0735 e. The van der Waals surface area contributed by atoms with Crippen molar-refractivity contribution in [1.29, 1.82) is 0 Å². The van der Waals surface area contributed by atoms with Crippen molar-refractivity contribution < 1.29 is 0 Å². The third-order valence-electron chi connectivity index (χ3n) is 12.4. The molecule has 1 saturated carbocycles. The van der Waals surface area contributed by atoms with Crippen LogP contribution in [0.3, 0.4) is 0 Å². The van der Waals surface area contributed by atoms with Gasteiger partial charge in [-0.3, -0.25) is 0 Å². The summed E-state index contributed by atoms with van der Waals surface area (Å²) in [5.41, 5.74) is 15.1. The van der Waals surface area contributed by atoms with Crippen molar-refractivity contribution in [2.75, 3.05) is 0 Å². The van der Waals surface area contributed by atoms with Crippen LogP contribution in [-0.2, 0) is 10.8 Å². The highest BCUT2D eigenvalue weighted by Gasteiger charge is 2.60. The maximum Gasteiger partial charge on any atom is 0.216 e. The van der Waals surface area contributed by atoms with Gasteiger partial charge in [0, 0.05) is 0 Å². The zero-order chi connectivity index (χ0) is 30.9. The molecule has 1 aliphatic heterocycles. The van der Waals surface area contributed by atoms with Gasteiger partial charge in [-0.2, -0.15) is 0 Å². The van der Waals surface area contributed by atoms with Crippen LogP contribution in [-0.4, -0.2) is 6.71 Å². The molecule has 1 heterocycles. The largest absolute Gasteiger partial charge is 0.216 e. The molecule has 1 fully saturated rings. The Hall–Kier alpha value is -4.62. The van der Waals surface area contributed by atoms with E-state index in [2.05, 4.69) is 166 Å². The summed E-state index contributed by atoms with van der Waals surface area (Å²) in [5.74, 6) is 0. The third-order valence-corrected chi connectivity index (χ3v) is 12.4. The first-order chi connectivity index (χ1) is 22.6. The van der Waals surface area contributed by atoms with Gasteiger partial charge in [0.05, 0.1) is 5.41 Å². The van der Waals surface area contributed by atoms with Crippen molar-refractivity contribution in [3.8, 4) is 22.3 Å². The van der Waals surface area contributed by atoms with E-state index in [0.29, 0.717) is 6.71 Å². The lowest BCUT2D eigenvalue weighted by Gasteiger charge is -2.48. The van der Waals surface area contributed by atoms with Crippen molar-refractivity contribution in [3.05, 3.63) is 179 Å². The summed E-state index contributed by atoms with van der Waals surface area (Å²) in [6.45, 7) is 5.60. The molecular weight excluding hydrogens is 551 g/mol. The van der Waals surface area contributed by atoms with Gasteiger partial charge in [-0.1, -0.05) is 190 Å². The van der Waals surface area contributed by atoms with Gasteiger partial charge >= 0.3 is 0 Å². The van der Waals surface area contributed by atoms with Gasteiger partial charge in [0.15, 0.2) is 0 Å². The maximum absolute atomic E-state index is 2.59. The van der Waals surface area contributed by atoms with Crippen LogP contribution in [0.1, 0.15) is 67.3 Å². The Labute approximate surface area is 274 Å². The van der Waals surface area contributed by atoms with Crippen molar-refractivity contribution in [2.45, 2.75) is 55.7 Å². The van der Waals surface area contributed by atoms with E-state index in [-0.39, 0.29) is 16.1 Å². The molecule has 0 saturated heterocycles. The van der Waals surface area contributed by atoms with Crippen LogP contribution in [0.2, 0.25) is 5.31 Å². The van der Waals surface area contributed by atoms with Crippen LogP contribution in [0.4, 0.5) is 0 Å². The molecule has 6 aromatic carbocycles. The monoisotopic (exact) mass is 590 g/mol. The molecule has 2 atom stereocenters. The average Bonchev–Trinajstić information content (AvgIpc) is 3.52. The normalized spacial score (nSPS) is 22.1. The predicted molar refractivity (Wildman–Crippen MR) is 195 cm³/mol. The average molecular weight is 591 g/mol. The topological polar surface area (TPSA) is 0 Å². The molecule has 2 aliphatic carbocycles. The van der Waals surface area contributed by atoms with Gasteiger partial charge in [-0.25, -0.2) is 0 Å². The standard InChI is InChI=1S/C45H39B/c1-43-28-14-15-29-44(43,2)46(36-20-10-5-11-21-36)42-27-25-33(31-41(42)43)32-24-26-40-38(30-32)37-22-12-13-23-39(37)45(40,34-16-6-3-7-17-34)35-18-8-4-9-19-35/h3-13,16-27,30-31H,14-15,28-29H2,1-2H3. The van der Waals surface area contributed by atoms with Crippen molar-refractivity contribution in [3.63, 3.8) is 0 Å². The molecule has 46 heavy (non-hydrogen) atoms. The Morgan fingerprint density at radius 2 is 1.04 bits per heavy atom. The second kappa shape index (κ2) is 10.2. The van der Waals surface area contributed by atoms with Gasteiger partial charge in [0.2, 0.25) is 6.71 Å². The van der Waals surface area contributed by atoms with E-state index in [1.54, 1.807) is 11.0 Å². The second-order valence-electron chi connectivity index (χ2n) is 14.4. The third kappa shape index (κ3) is 3.63. The number of hydrogen-bond acceptors (Lipinski definition) is 0. The lowest BCUT2D eigenvalue weighted by molar-refractivity contribution is 0.243. The van der Waals surface area contributed by atoms with Gasteiger partial charge in [-0.15, -0.1) is 0 Å². The minimum atomic E-state index is -0.356. The Bertz CT molecular complexity index is 2040. The molecule has 0 spiro atoms. The molecule has 0 aromatic heterocycles. The summed E-state index contributed by atoms with van der Waals surface area (Å²) in [5, 5.41) is 0.218. The Balaban J connectivity index is 1.24. The zero-order valence-electron chi connectivity index (χ0n) is 26.8. The Morgan fingerprint density at radius 3 is 1.76 bits per heavy atom. The minimum Gasteiger partial charge on any atom is -0.0735 e. The van der Waals surface area contributed by atoms with E-state index >= 15 is 0 Å². The summed E-state index contributed by atoms with van der Waals surface area (Å²) in [6, 6.07) is 57.3. The Kier molecular flexibility index (Phi) is 6.13. The number of benzene rings is 6. The molecule has 6 aromatic rings.